The number of nitrogens with zero attached hydrogens (tertiary/aromatic N) is 3. The van der Waals surface area contributed by atoms with E-state index in [4.69, 9.17) is 0 Å². The minimum atomic E-state index is -4.41. The largest absolute Gasteiger partial charge is 0.417 e. The average molecular weight is 359 g/mol. The summed E-state index contributed by atoms with van der Waals surface area (Å²) in [5.41, 5.74) is 0.0331. The SMILES string of the molecule is FC(F)(F)c1ccc(-c2nnc(N[C@H]3CCNC3)c3ccccc23)nc1. The van der Waals surface area contributed by atoms with E-state index in [2.05, 4.69) is 25.8 Å². The zero-order valence-corrected chi connectivity index (χ0v) is 13.7. The number of rotatable bonds is 3. The Morgan fingerprint density at radius 1 is 1.04 bits per heavy atom. The predicted molar refractivity (Wildman–Crippen MR) is 92.7 cm³/mol. The highest BCUT2D eigenvalue weighted by Gasteiger charge is 2.30. The Kier molecular flexibility index (Phi) is 4.20. The Morgan fingerprint density at radius 3 is 2.50 bits per heavy atom. The first-order valence-electron chi connectivity index (χ1n) is 8.28. The smallest absolute Gasteiger partial charge is 0.364 e. The third kappa shape index (κ3) is 3.20. The van der Waals surface area contributed by atoms with Crippen LogP contribution in [-0.2, 0) is 6.18 Å². The summed E-state index contributed by atoms with van der Waals surface area (Å²) in [6.45, 7) is 1.81. The van der Waals surface area contributed by atoms with Gasteiger partial charge in [0.1, 0.15) is 5.69 Å². The van der Waals surface area contributed by atoms with Crippen molar-refractivity contribution < 1.29 is 13.2 Å². The number of halogens is 3. The minimum Gasteiger partial charge on any atom is -0.364 e. The van der Waals surface area contributed by atoms with Crippen LogP contribution in [0.25, 0.3) is 22.2 Å². The van der Waals surface area contributed by atoms with Gasteiger partial charge in [-0.05, 0) is 25.1 Å². The molecule has 3 heterocycles. The Labute approximate surface area is 147 Å². The number of hydrogen-bond donors (Lipinski definition) is 2. The van der Waals surface area contributed by atoms with E-state index in [1.54, 1.807) is 0 Å². The molecule has 1 saturated heterocycles. The second-order valence-electron chi connectivity index (χ2n) is 6.21. The first kappa shape index (κ1) is 16.7. The van der Waals surface area contributed by atoms with Gasteiger partial charge in [-0.1, -0.05) is 24.3 Å². The van der Waals surface area contributed by atoms with E-state index < -0.39 is 11.7 Å². The van der Waals surface area contributed by atoms with E-state index >= 15 is 0 Å². The van der Waals surface area contributed by atoms with Crippen molar-refractivity contribution in [3.05, 3.63) is 48.2 Å². The molecule has 3 aromatic rings. The third-order valence-corrected chi connectivity index (χ3v) is 4.42. The van der Waals surface area contributed by atoms with Gasteiger partial charge < -0.3 is 10.6 Å². The van der Waals surface area contributed by atoms with E-state index in [0.29, 0.717) is 17.2 Å². The lowest BCUT2D eigenvalue weighted by molar-refractivity contribution is -0.137. The van der Waals surface area contributed by atoms with Crippen LogP contribution in [0, 0.1) is 0 Å². The fourth-order valence-corrected chi connectivity index (χ4v) is 3.07. The molecule has 0 unspecified atom stereocenters. The van der Waals surface area contributed by atoms with Crippen LogP contribution in [0.1, 0.15) is 12.0 Å². The second kappa shape index (κ2) is 6.53. The number of anilines is 1. The first-order chi connectivity index (χ1) is 12.5. The standard InChI is InChI=1S/C18H16F3N5/c19-18(20,21)11-5-6-15(23-9-11)16-13-3-1-2-4-14(13)17(26-25-16)24-12-7-8-22-10-12/h1-6,9,12,22H,7-8,10H2,(H,24,26)/t12-/m0/s1. The molecule has 1 aliphatic heterocycles. The third-order valence-electron chi connectivity index (χ3n) is 4.42. The van der Waals surface area contributed by atoms with Crippen molar-refractivity contribution in [1.82, 2.24) is 20.5 Å². The molecule has 1 fully saturated rings. The Balaban J connectivity index is 1.74. The molecule has 1 atom stereocenters. The summed E-state index contributed by atoms with van der Waals surface area (Å²) >= 11 is 0. The van der Waals surface area contributed by atoms with Gasteiger partial charge in [-0.25, -0.2) is 0 Å². The molecule has 4 rings (SSSR count). The van der Waals surface area contributed by atoms with Crippen LogP contribution in [0.3, 0.4) is 0 Å². The molecule has 0 saturated carbocycles. The van der Waals surface area contributed by atoms with Gasteiger partial charge in [-0.15, -0.1) is 10.2 Å². The van der Waals surface area contributed by atoms with Crippen molar-refractivity contribution in [1.29, 1.82) is 0 Å². The number of alkyl halides is 3. The zero-order valence-electron chi connectivity index (χ0n) is 13.7. The van der Waals surface area contributed by atoms with Crippen LogP contribution < -0.4 is 10.6 Å². The van der Waals surface area contributed by atoms with E-state index in [0.717, 1.165) is 42.5 Å². The second-order valence-corrected chi connectivity index (χ2v) is 6.21. The van der Waals surface area contributed by atoms with Gasteiger partial charge >= 0.3 is 6.18 Å². The van der Waals surface area contributed by atoms with Gasteiger partial charge in [0.25, 0.3) is 0 Å². The number of aromatic nitrogens is 3. The summed E-state index contributed by atoms with van der Waals surface area (Å²) < 4.78 is 38.2. The highest BCUT2D eigenvalue weighted by molar-refractivity contribution is 5.99. The van der Waals surface area contributed by atoms with Crippen LogP contribution >= 0.6 is 0 Å². The summed E-state index contributed by atoms with van der Waals surface area (Å²) in [6, 6.07) is 10.2. The van der Waals surface area contributed by atoms with E-state index in [-0.39, 0.29) is 6.04 Å². The van der Waals surface area contributed by atoms with Crippen molar-refractivity contribution in [3.63, 3.8) is 0 Å². The van der Waals surface area contributed by atoms with Gasteiger partial charge in [0.05, 0.1) is 11.3 Å². The molecule has 5 nitrogen and oxygen atoms in total. The summed E-state index contributed by atoms with van der Waals surface area (Å²) in [5, 5.41) is 16.8. The maximum atomic E-state index is 12.7. The highest BCUT2D eigenvalue weighted by atomic mass is 19.4. The first-order valence-corrected chi connectivity index (χ1v) is 8.28. The summed E-state index contributed by atoms with van der Waals surface area (Å²) in [4.78, 5) is 3.95. The Hall–Kier alpha value is -2.74. The number of hydrogen-bond acceptors (Lipinski definition) is 5. The van der Waals surface area contributed by atoms with Gasteiger partial charge in [-0.3, -0.25) is 4.98 Å². The summed E-state index contributed by atoms with van der Waals surface area (Å²) in [5.74, 6) is 0.671. The number of fused-ring (bicyclic) bond motifs is 1. The summed E-state index contributed by atoms with van der Waals surface area (Å²) in [7, 11) is 0. The van der Waals surface area contributed by atoms with Gasteiger partial charge in [0, 0.05) is 29.6 Å². The topological polar surface area (TPSA) is 62.7 Å². The molecule has 1 aliphatic rings. The zero-order chi connectivity index (χ0) is 18.1. The molecule has 8 heteroatoms. The van der Waals surface area contributed by atoms with Crippen molar-refractivity contribution in [2.24, 2.45) is 0 Å². The van der Waals surface area contributed by atoms with Crippen LogP contribution in [-0.4, -0.2) is 34.3 Å². The molecule has 1 aromatic carbocycles. The maximum Gasteiger partial charge on any atom is 0.417 e. The lowest BCUT2D eigenvalue weighted by Crippen LogP contribution is -2.23. The molecule has 0 aliphatic carbocycles. The Morgan fingerprint density at radius 2 is 1.85 bits per heavy atom. The van der Waals surface area contributed by atoms with Crippen molar-refractivity contribution >= 4 is 16.6 Å². The predicted octanol–water partition coefficient (Wildman–Crippen LogP) is 3.48. The summed E-state index contributed by atoms with van der Waals surface area (Å²) in [6.07, 6.45) is -2.59. The lowest BCUT2D eigenvalue weighted by Gasteiger charge is -2.15. The molecule has 0 bridgehead atoms. The molecule has 0 amide bonds. The normalized spacial score (nSPS) is 17.6. The fourth-order valence-electron chi connectivity index (χ4n) is 3.07. The molecule has 134 valence electrons. The Bertz CT molecular complexity index is 918. The lowest BCUT2D eigenvalue weighted by atomic mass is 10.1. The van der Waals surface area contributed by atoms with Gasteiger partial charge in [0.15, 0.2) is 5.82 Å². The van der Waals surface area contributed by atoms with E-state index in [9.17, 15) is 13.2 Å². The molecule has 0 spiro atoms. The van der Waals surface area contributed by atoms with Crippen LogP contribution in [0.15, 0.2) is 42.6 Å². The monoisotopic (exact) mass is 359 g/mol. The van der Waals surface area contributed by atoms with E-state index in [1.807, 2.05) is 24.3 Å². The molecule has 2 aromatic heterocycles. The van der Waals surface area contributed by atoms with Crippen molar-refractivity contribution in [2.75, 3.05) is 18.4 Å². The maximum absolute atomic E-state index is 12.7. The van der Waals surface area contributed by atoms with Crippen LogP contribution in [0.5, 0.6) is 0 Å². The van der Waals surface area contributed by atoms with Crippen molar-refractivity contribution in [2.45, 2.75) is 18.6 Å². The molecule has 0 radical (unpaired) electrons. The molecule has 26 heavy (non-hydrogen) atoms. The molecular weight excluding hydrogens is 343 g/mol. The van der Waals surface area contributed by atoms with Crippen LogP contribution in [0.4, 0.5) is 19.0 Å². The quantitative estimate of drug-likeness (QED) is 0.750. The molecule has 2 N–H and O–H groups in total. The number of nitrogens with one attached hydrogen (secondary N) is 2. The minimum absolute atomic E-state index is 0.280. The van der Waals surface area contributed by atoms with Gasteiger partial charge in [-0.2, -0.15) is 13.2 Å². The average Bonchev–Trinajstić information content (AvgIpc) is 3.15. The van der Waals surface area contributed by atoms with Crippen molar-refractivity contribution in [3.8, 4) is 11.4 Å². The number of benzene rings is 1. The van der Waals surface area contributed by atoms with Crippen LogP contribution in [0.2, 0.25) is 0 Å². The number of pyridine rings is 1. The highest BCUT2D eigenvalue weighted by Crippen LogP contribution is 2.32. The van der Waals surface area contributed by atoms with Gasteiger partial charge in [0.2, 0.25) is 0 Å². The van der Waals surface area contributed by atoms with E-state index in [1.165, 1.54) is 6.07 Å². The fraction of sp³-hybridized carbons (Fsp3) is 0.278. The molecular formula is C18H16F3N5.